The summed E-state index contributed by atoms with van der Waals surface area (Å²) in [6, 6.07) is 10.8. The quantitative estimate of drug-likeness (QED) is 0.161. The van der Waals surface area contributed by atoms with Crippen LogP contribution in [0.15, 0.2) is 36.5 Å². The predicted molar refractivity (Wildman–Crippen MR) is 163 cm³/mol. The van der Waals surface area contributed by atoms with Crippen molar-refractivity contribution in [2.24, 2.45) is 0 Å². The van der Waals surface area contributed by atoms with Crippen LogP contribution in [0, 0.1) is 0 Å². The molecule has 234 valence electrons. The normalized spacial score (nSPS) is 20.6. The van der Waals surface area contributed by atoms with Gasteiger partial charge in [-0.3, -0.25) is 4.79 Å². The number of aryl methyl sites for hydroxylation is 2. The number of thioether (sulfide) groups is 1. The van der Waals surface area contributed by atoms with Gasteiger partial charge >= 0.3 is 6.03 Å². The first-order valence-electron chi connectivity index (χ1n) is 15.1. The Balaban J connectivity index is 0.00000343. The largest absolute Gasteiger partial charge is 1.00 e. The van der Waals surface area contributed by atoms with Crippen molar-refractivity contribution in [1.82, 2.24) is 16.0 Å². The van der Waals surface area contributed by atoms with Crippen molar-refractivity contribution in [3.8, 4) is 34.3 Å². The number of unbranched alkanes of at least 4 members (excludes halogenated alkanes) is 1. The van der Waals surface area contributed by atoms with Gasteiger partial charge in [0, 0.05) is 36.5 Å². The van der Waals surface area contributed by atoms with E-state index >= 15 is 0 Å². The first kappa shape index (κ1) is 30.5. The van der Waals surface area contributed by atoms with E-state index < -0.39 is 0 Å². The van der Waals surface area contributed by atoms with Crippen LogP contribution in [0.2, 0.25) is 0 Å². The Hall–Kier alpha value is -3.57. The fraction of sp³-hybridized carbons (Fsp3) is 0.469. The predicted octanol–water partition coefficient (Wildman–Crippen LogP) is 0.703. The van der Waals surface area contributed by atoms with E-state index in [0.29, 0.717) is 37.0 Å². The summed E-state index contributed by atoms with van der Waals surface area (Å²) in [6.07, 6.45) is 7.11. The molecule has 0 unspecified atom stereocenters. The molecule has 12 heteroatoms. The van der Waals surface area contributed by atoms with Crippen LogP contribution in [0.25, 0.3) is 22.0 Å². The number of rotatable bonds is 11. The second kappa shape index (κ2) is 13.2. The zero-order valence-corrected chi connectivity index (χ0v) is 26.2. The highest BCUT2D eigenvalue weighted by Crippen LogP contribution is 2.41. The lowest BCUT2D eigenvalue weighted by molar-refractivity contribution is -0.686. The van der Waals surface area contributed by atoms with Gasteiger partial charge < -0.3 is 47.3 Å². The Morgan fingerprint density at radius 2 is 2.00 bits per heavy atom. The SMILES string of the molecule is COc1ccc2cc3[n+](cc2c1OCCCNC(=O)CCCC[C@@H]1SC[C@@H]2NC(=O)N[C@@H]21)CCc1cc2c(cc1-3)OCO2.[Cl-]. The Morgan fingerprint density at radius 1 is 1.14 bits per heavy atom. The number of halogens is 1. The molecule has 0 saturated carbocycles. The van der Waals surface area contributed by atoms with E-state index in [2.05, 4.69) is 51.0 Å². The van der Waals surface area contributed by atoms with E-state index in [4.69, 9.17) is 18.9 Å². The molecule has 5 heterocycles. The van der Waals surface area contributed by atoms with Gasteiger partial charge in [-0.15, -0.1) is 0 Å². The molecule has 0 spiro atoms. The first-order valence-corrected chi connectivity index (χ1v) is 16.2. The van der Waals surface area contributed by atoms with E-state index in [1.54, 1.807) is 7.11 Å². The van der Waals surface area contributed by atoms with Gasteiger partial charge in [-0.05, 0) is 54.5 Å². The maximum absolute atomic E-state index is 12.4. The van der Waals surface area contributed by atoms with Gasteiger partial charge in [0.25, 0.3) is 0 Å². The number of benzene rings is 2. The number of hydrogen-bond donors (Lipinski definition) is 3. The molecule has 3 atom stereocenters. The number of pyridine rings is 1. The zero-order valence-electron chi connectivity index (χ0n) is 24.7. The Morgan fingerprint density at radius 3 is 2.86 bits per heavy atom. The van der Waals surface area contributed by atoms with Gasteiger partial charge in [0.15, 0.2) is 35.7 Å². The van der Waals surface area contributed by atoms with Crippen molar-refractivity contribution in [3.05, 3.63) is 42.1 Å². The highest BCUT2D eigenvalue weighted by atomic mass is 35.5. The number of hydrogen-bond acceptors (Lipinski definition) is 7. The number of methoxy groups -OCH3 is 1. The number of nitrogens with zero attached hydrogens (tertiary/aromatic N) is 1. The molecule has 44 heavy (non-hydrogen) atoms. The fourth-order valence-corrected chi connectivity index (χ4v) is 8.09. The number of amides is 3. The first-order chi connectivity index (χ1) is 21.1. The van der Waals surface area contributed by atoms with E-state index in [0.717, 1.165) is 77.3 Å². The molecule has 10 nitrogen and oxygen atoms in total. The van der Waals surface area contributed by atoms with Crippen molar-refractivity contribution in [1.29, 1.82) is 0 Å². The minimum atomic E-state index is -0.0546. The van der Waals surface area contributed by atoms with Gasteiger partial charge in [0.05, 0.1) is 36.8 Å². The third-order valence-electron chi connectivity index (χ3n) is 8.77. The molecule has 0 bridgehead atoms. The van der Waals surface area contributed by atoms with Crippen LogP contribution < -0.4 is 51.9 Å². The molecule has 7 rings (SSSR count). The third-order valence-corrected chi connectivity index (χ3v) is 10.3. The van der Waals surface area contributed by atoms with Crippen LogP contribution in [-0.4, -0.2) is 62.1 Å². The van der Waals surface area contributed by atoms with Gasteiger partial charge in [0.2, 0.25) is 18.4 Å². The molecule has 2 aromatic carbocycles. The van der Waals surface area contributed by atoms with E-state index in [-0.39, 0.29) is 43.2 Å². The maximum Gasteiger partial charge on any atom is 0.315 e. The second-order valence-corrected chi connectivity index (χ2v) is 12.8. The van der Waals surface area contributed by atoms with Crippen molar-refractivity contribution in [3.63, 3.8) is 0 Å². The smallest absolute Gasteiger partial charge is 0.315 e. The zero-order chi connectivity index (χ0) is 29.3. The van der Waals surface area contributed by atoms with Gasteiger partial charge in [-0.25, -0.2) is 4.79 Å². The van der Waals surface area contributed by atoms with Crippen LogP contribution in [0.5, 0.6) is 23.0 Å². The fourth-order valence-electron chi connectivity index (χ4n) is 6.54. The molecule has 3 N–H and O–H groups in total. The standard InChI is InChI=1S/C32H36N4O6S.ClH/c1-39-25-8-7-19-13-24-21-15-27-26(41-18-42-27)14-20(21)9-11-36(24)16-22(19)31(25)40-12-4-10-33-29(37)6-3-2-5-28-30-23(17-43-28)34-32(38)35-30;/h7-8,13-16,23,28,30H,2-6,9-12,17-18H2,1H3,(H2-,33,34,35,37,38);1H/t23-,28-,30-;/m0./s1. The molecule has 0 radical (unpaired) electrons. The van der Waals surface area contributed by atoms with Gasteiger partial charge in [0.1, 0.15) is 0 Å². The molecule has 0 aliphatic carbocycles. The summed E-state index contributed by atoms with van der Waals surface area (Å²) in [5.41, 5.74) is 3.56. The number of aromatic nitrogens is 1. The molecule has 4 aliphatic heterocycles. The molecule has 3 aromatic rings. The number of nitrogens with one attached hydrogen (secondary N) is 3. The summed E-state index contributed by atoms with van der Waals surface area (Å²) < 4.78 is 25.4. The van der Waals surface area contributed by atoms with Crippen LogP contribution >= 0.6 is 11.8 Å². The minimum absolute atomic E-state index is 0. The van der Waals surface area contributed by atoms with Gasteiger partial charge in [-0.1, -0.05) is 6.42 Å². The highest BCUT2D eigenvalue weighted by Gasteiger charge is 2.42. The van der Waals surface area contributed by atoms with E-state index in [1.165, 1.54) is 5.56 Å². The maximum atomic E-state index is 12.4. The lowest BCUT2D eigenvalue weighted by Crippen LogP contribution is -3.00. The second-order valence-electron chi connectivity index (χ2n) is 11.5. The Kier molecular flexibility index (Phi) is 9.13. The van der Waals surface area contributed by atoms with Crippen molar-refractivity contribution < 1.29 is 45.5 Å². The van der Waals surface area contributed by atoms with Crippen molar-refractivity contribution >= 4 is 34.5 Å². The highest BCUT2D eigenvalue weighted by molar-refractivity contribution is 8.00. The molecular weight excluding hydrogens is 604 g/mol. The van der Waals surface area contributed by atoms with E-state index in [1.807, 2.05) is 17.8 Å². The monoisotopic (exact) mass is 640 g/mol. The lowest BCUT2D eigenvalue weighted by atomic mass is 9.95. The number of ether oxygens (including phenoxy) is 4. The lowest BCUT2D eigenvalue weighted by Gasteiger charge is -2.18. The summed E-state index contributed by atoms with van der Waals surface area (Å²) in [5, 5.41) is 11.5. The van der Waals surface area contributed by atoms with Crippen molar-refractivity contribution in [2.75, 3.05) is 32.8 Å². The molecule has 2 saturated heterocycles. The Bertz CT molecular complexity index is 1570. The van der Waals surface area contributed by atoms with Crippen LogP contribution in [0.1, 0.15) is 37.7 Å². The number of fused-ring (bicyclic) bond motifs is 6. The molecular formula is C32H37ClN4O6S. The van der Waals surface area contributed by atoms with Crippen LogP contribution in [-0.2, 0) is 17.8 Å². The molecule has 1 aromatic heterocycles. The summed E-state index contributed by atoms with van der Waals surface area (Å²) in [5.74, 6) is 4.05. The van der Waals surface area contributed by atoms with Crippen molar-refractivity contribution in [2.45, 2.75) is 62.4 Å². The summed E-state index contributed by atoms with van der Waals surface area (Å²) in [4.78, 5) is 23.9. The number of urea groups is 1. The van der Waals surface area contributed by atoms with Crippen LogP contribution in [0.3, 0.4) is 0 Å². The summed E-state index contributed by atoms with van der Waals surface area (Å²) >= 11 is 1.91. The van der Waals surface area contributed by atoms with Gasteiger partial charge in [-0.2, -0.15) is 16.3 Å². The third kappa shape index (κ3) is 6.04. The summed E-state index contributed by atoms with van der Waals surface area (Å²) in [6.45, 7) is 2.14. The molecule has 4 aliphatic rings. The molecule has 3 amide bonds. The Labute approximate surface area is 266 Å². The number of carbonyl (C=O) groups is 2. The van der Waals surface area contributed by atoms with E-state index in [9.17, 15) is 9.59 Å². The number of carbonyl (C=O) groups excluding carboxylic acids is 2. The molecule has 2 fully saturated rings. The topological polar surface area (TPSA) is 111 Å². The summed E-state index contributed by atoms with van der Waals surface area (Å²) in [7, 11) is 1.66. The average molecular weight is 641 g/mol. The van der Waals surface area contributed by atoms with Crippen LogP contribution in [0.4, 0.5) is 4.79 Å². The minimum Gasteiger partial charge on any atom is -1.00 e. The average Bonchev–Trinajstić information content (AvgIpc) is 3.73.